The summed E-state index contributed by atoms with van der Waals surface area (Å²) in [6.07, 6.45) is 1.10. The zero-order valence-corrected chi connectivity index (χ0v) is 23.4. The van der Waals surface area contributed by atoms with Crippen LogP contribution in [0.15, 0.2) is 85.1 Å². The number of aryl methyl sites for hydroxylation is 1. The van der Waals surface area contributed by atoms with Gasteiger partial charge >= 0.3 is 12.9 Å². The molecule has 6 nitrogen and oxygen atoms in total. The first kappa shape index (κ1) is 27.2. The first-order valence-corrected chi connectivity index (χ1v) is 14.7. The Morgan fingerprint density at radius 2 is 1.49 bits per heavy atom. The van der Waals surface area contributed by atoms with Gasteiger partial charge in [0.15, 0.2) is 4.99 Å². The number of carbonyl (C=O) groups excluding carboxylic acids is 1. The molecule has 37 heavy (non-hydrogen) atoms. The van der Waals surface area contributed by atoms with Crippen LogP contribution in [0, 0.1) is 6.92 Å². The molecule has 0 aliphatic rings. The van der Waals surface area contributed by atoms with Crippen LogP contribution in [0.25, 0.3) is 16.6 Å². The number of benzene rings is 2. The number of hydrogen-bond acceptors (Lipinski definition) is 6. The molecule has 2 aromatic heterocycles. The van der Waals surface area contributed by atoms with E-state index in [0.29, 0.717) is 11.4 Å². The van der Waals surface area contributed by atoms with Crippen LogP contribution >= 0.6 is 19.4 Å². The van der Waals surface area contributed by atoms with Gasteiger partial charge in [-0.3, -0.25) is 4.57 Å². The lowest BCUT2D eigenvalue weighted by Gasteiger charge is -2.29. The van der Waals surface area contributed by atoms with Crippen molar-refractivity contribution >= 4 is 30.2 Å². The first-order valence-electron chi connectivity index (χ1n) is 12.2. The summed E-state index contributed by atoms with van der Waals surface area (Å²) in [5.74, 6) is 0.412. The van der Waals surface area contributed by atoms with Crippen molar-refractivity contribution in [3.8, 4) is 16.9 Å². The molecule has 4 rings (SSSR count). The van der Waals surface area contributed by atoms with Crippen molar-refractivity contribution in [1.29, 1.82) is 0 Å². The molecule has 2 heterocycles. The van der Waals surface area contributed by atoms with Gasteiger partial charge in [0.2, 0.25) is 0 Å². The van der Waals surface area contributed by atoms with Gasteiger partial charge in [-0.05, 0) is 82.3 Å². The molecule has 1 unspecified atom stereocenters. The lowest BCUT2D eigenvalue weighted by atomic mass is 10.1. The Balaban J connectivity index is 1.88. The highest BCUT2D eigenvalue weighted by Crippen LogP contribution is 2.68. The topological polar surface area (TPSA) is 66.2 Å². The highest BCUT2D eigenvalue weighted by Gasteiger charge is 2.44. The number of rotatable bonds is 9. The fraction of sp³-hybridized carbons (Fsp3) is 0.276. The van der Waals surface area contributed by atoms with Gasteiger partial charge in [0.25, 0.3) is 0 Å². The third-order valence-electron chi connectivity index (χ3n) is 5.47. The quantitative estimate of drug-likeness (QED) is 0.157. The normalized spacial score (nSPS) is 12.8. The lowest BCUT2D eigenvalue weighted by Crippen LogP contribution is -2.16. The van der Waals surface area contributed by atoms with Crippen LogP contribution in [-0.2, 0) is 13.6 Å². The number of ether oxygens (including phenoxy) is 1. The number of thioether (sulfide) groups is 1. The Morgan fingerprint density at radius 3 is 2.11 bits per heavy atom. The third kappa shape index (κ3) is 6.55. The van der Waals surface area contributed by atoms with Gasteiger partial charge in [0.05, 0.1) is 17.9 Å². The minimum Gasteiger partial charge on any atom is -0.418 e. The van der Waals surface area contributed by atoms with E-state index < -0.39 is 30.1 Å². The van der Waals surface area contributed by atoms with Gasteiger partial charge in [-0.15, -0.1) is 0 Å². The molecular formula is C29H32NO5PS. The fourth-order valence-corrected chi connectivity index (χ4v) is 7.82. The SMILES string of the molecule is Cc1ccc(OC(=O)SC(c2c(-c3ccccc3)cc3ccccn23)P(=O)(OC(C)C)OC(C)C)cc1. The molecule has 2 aromatic carbocycles. The smallest absolute Gasteiger partial charge is 0.374 e. The van der Waals surface area contributed by atoms with Crippen molar-refractivity contribution in [1.82, 2.24) is 4.40 Å². The van der Waals surface area contributed by atoms with E-state index in [-0.39, 0.29) is 0 Å². The maximum absolute atomic E-state index is 14.6. The number of fused-ring (bicyclic) bond motifs is 1. The minimum absolute atomic E-state index is 0.396. The highest BCUT2D eigenvalue weighted by molar-refractivity contribution is 8.17. The summed E-state index contributed by atoms with van der Waals surface area (Å²) in [5, 5.41) is -0.598. The van der Waals surface area contributed by atoms with E-state index in [4.69, 9.17) is 13.8 Å². The van der Waals surface area contributed by atoms with Crippen molar-refractivity contribution in [3.05, 3.63) is 96.3 Å². The fourth-order valence-electron chi connectivity index (χ4n) is 4.06. The van der Waals surface area contributed by atoms with Gasteiger partial charge in [-0.25, -0.2) is 4.79 Å². The standard InChI is InChI=1S/C29H32NO5PS/c1-20(2)34-36(32,35-21(3)4)28(37-29(31)33-25-16-14-22(5)15-17-25)27-26(23-11-7-6-8-12-23)19-24-13-9-10-18-30(24)27/h6-21,28H,1-5H3. The largest absolute Gasteiger partial charge is 0.418 e. The molecule has 0 aliphatic carbocycles. The number of carbonyl (C=O) groups is 1. The monoisotopic (exact) mass is 537 g/mol. The molecular weight excluding hydrogens is 505 g/mol. The Labute approximate surface area is 222 Å². The number of nitrogens with zero attached hydrogens (tertiary/aromatic N) is 1. The average Bonchev–Trinajstić information content (AvgIpc) is 3.22. The van der Waals surface area contributed by atoms with Crippen LogP contribution in [0.2, 0.25) is 0 Å². The van der Waals surface area contributed by atoms with Gasteiger partial charge < -0.3 is 18.2 Å². The summed E-state index contributed by atoms with van der Waals surface area (Å²) >= 11 is 0.821. The van der Waals surface area contributed by atoms with Crippen LogP contribution in [0.1, 0.15) is 43.9 Å². The van der Waals surface area contributed by atoms with Crippen molar-refractivity contribution in [2.75, 3.05) is 0 Å². The summed E-state index contributed by atoms with van der Waals surface area (Å²) in [6, 6.07) is 24.9. The number of pyridine rings is 1. The first-order chi connectivity index (χ1) is 17.7. The Hall–Kier alpha value is -2.83. The van der Waals surface area contributed by atoms with Gasteiger partial charge in [-0.1, -0.05) is 54.1 Å². The van der Waals surface area contributed by atoms with E-state index in [9.17, 15) is 9.36 Å². The summed E-state index contributed by atoms with van der Waals surface area (Å²) in [7, 11) is -3.91. The summed E-state index contributed by atoms with van der Waals surface area (Å²) in [5.41, 5.74) is 4.37. The second kappa shape index (κ2) is 11.7. The average molecular weight is 538 g/mol. The molecule has 0 bridgehead atoms. The third-order valence-corrected chi connectivity index (χ3v) is 9.53. The molecule has 8 heteroatoms. The van der Waals surface area contributed by atoms with Crippen LogP contribution in [0.5, 0.6) is 5.75 Å². The van der Waals surface area contributed by atoms with Crippen LogP contribution in [0.4, 0.5) is 4.79 Å². The van der Waals surface area contributed by atoms with Crippen LogP contribution < -0.4 is 4.74 Å². The molecule has 0 N–H and O–H groups in total. The Kier molecular flexibility index (Phi) is 8.60. The van der Waals surface area contributed by atoms with E-state index >= 15 is 0 Å². The Bertz CT molecular complexity index is 1390. The van der Waals surface area contributed by atoms with Crippen LogP contribution in [0.3, 0.4) is 0 Å². The summed E-state index contributed by atoms with van der Waals surface area (Å²) in [6.45, 7) is 9.17. The second-order valence-corrected chi connectivity index (χ2v) is 12.7. The predicted molar refractivity (Wildman–Crippen MR) is 150 cm³/mol. The molecule has 0 saturated carbocycles. The molecule has 0 spiro atoms. The molecule has 1 atom stereocenters. The molecule has 0 radical (unpaired) electrons. The minimum atomic E-state index is -3.91. The number of aromatic nitrogens is 1. The Morgan fingerprint density at radius 1 is 0.865 bits per heavy atom. The van der Waals surface area contributed by atoms with Crippen molar-refractivity contribution < 1.29 is 23.1 Å². The second-order valence-electron chi connectivity index (χ2n) is 9.29. The van der Waals surface area contributed by atoms with E-state index in [1.165, 1.54) is 0 Å². The summed E-state index contributed by atoms with van der Waals surface area (Å²) < 4.78 is 34.3. The lowest BCUT2D eigenvalue weighted by molar-refractivity contribution is 0.141. The van der Waals surface area contributed by atoms with Crippen molar-refractivity contribution in [2.45, 2.75) is 51.8 Å². The maximum Gasteiger partial charge on any atom is 0.374 e. The van der Waals surface area contributed by atoms with E-state index in [1.807, 2.05) is 84.3 Å². The van der Waals surface area contributed by atoms with E-state index in [1.54, 1.807) is 39.8 Å². The molecule has 194 valence electrons. The zero-order chi connectivity index (χ0) is 26.6. The molecule has 0 amide bonds. The predicted octanol–water partition coefficient (Wildman–Crippen LogP) is 8.89. The molecule has 0 fully saturated rings. The highest BCUT2D eigenvalue weighted by atomic mass is 32.2. The van der Waals surface area contributed by atoms with Crippen molar-refractivity contribution in [2.24, 2.45) is 0 Å². The van der Waals surface area contributed by atoms with Gasteiger partial charge in [0, 0.05) is 17.3 Å². The van der Waals surface area contributed by atoms with Crippen molar-refractivity contribution in [3.63, 3.8) is 0 Å². The number of hydrogen-bond donors (Lipinski definition) is 0. The van der Waals surface area contributed by atoms with Gasteiger partial charge in [-0.2, -0.15) is 0 Å². The van der Waals surface area contributed by atoms with Crippen LogP contribution in [-0.4, -0.2) is 21.9 Å². The summed E-state index contributed by atoms with van der Waals surface area (Å²) in [4.78, 5) is 12.3. The van der Waals surface area contributed by atoms with Gasteiger partial charge in [0.1, 0.15) is 5.75 Å². The van der Waals surface area contributed by atoms with E-state index in [2.05, 4.69) is 0 Å². The maximum atomic E-state index is 14.6. The molecule has 0 aliphatic heterocycles. The zero-order valence-electron chi connectivity index (χ0n) is 21.7. The molecule has 0 saturated heterocycles. The molecule has 4 aromatic rings. The van der Waals surface area contributed by atoms with E-state index in [0.717, 1.165) is 34.0 Å².